The summed E-state index contributed by atoms with van der Waals surface area (Å²) in [5, 5.41) is 22.4. The number of carbonyl (C=O) groups is 2. The monoisotopic (exact) mass is 684 g/mol. The molecule has 0 aliphatic carbocycles. The number of methoxy groups -OCH3 is 2. The van der Waals surface area contributed by atoms with Gasteiger partial charge in [0, 0.05) is 52.7 Å². The Balaban J connectivity index is 1.76. The zero-order valence-electron chi connectivity index (χ0n) is 29.1. The summed E-state index contributed by atoms with van der Waals surface area (Å²) in [5.74, 6) is 0.486. The van der Waals surface area contributed by atoms with E-state index < -0.39 is 24.4 Å². The molecule has 5 atom stereocenters. The number of amides is 2. The predicted molar refractivity (Wildman–Crippen MR) is 187 cm³/mol. The first-order valence-corrected chi connectivity index (χ1v) is 17.8. The van der Waals surface area contributed by atoms with Gasteiger partial charge < -0.3 is 38.8 Å². The Bertz CT molecular complexity index is 1480. The second-order valence-electron chi connectivity index (χ2n) is 12.7. The second kappa shape index (κ2) is 18.0. The van der Waals surface area contributed by atoms with Crippen molar-refractivity contribution in [2.75, 3.05) is 52.8 Å². The van der Waals surface area contributed by atoms with Crippen LogP contribution in [0.3, 0.4) is 0 Å². The van der Waals surface area contributed by atoms with Gasteiger partial charge in [-0.2, -0.15) is 0 Å². The van der Waals surface area contributed by atoms with Gasteiger partial charge in [-0.25, -0.2) is 4.98 Å². The average Bonchev–Trinajstić information content (AvgIpc) is 3.45. The van der Waals surface area contributed by atoms with Gasteiger partial charge in [-0.3, -0.25) is 9.59 Å². The van der Waals surface area contributed by atoms with E-state index in [0.717, 1.165) is 28.3 Å². The lowest BCUT2D eigenvalue weighted by Crippen LogP contribution is -2.51. The molecule has 2 amide bonds. The van der Waals surface area contributed by atoms with E-state index in [1.807, 2.05) is 53.4 Å². The Hall–Kier alpha value is -3.16. The Morgan fingerprint density at radius 3 is 2.54 bits per heavy atom. The van der Waals surface area contributed by atoms with Crippen LogP contribution in [0.15, 0.2) is 53.7 Å². The fraction of sp³-hybridized carbons (Fsp3) is 0.583. The average molecular weight is 685 g/mol. The van der Waals surface area contributed by atoms with Gasteiger partial charge in [-0.1, -0.05) is 49.9 Å². The maximum Gasteiger partial charge on any atom is 0.233 e. The lowest BCUT2D eigenvalue weighted by molar-refractivity contribution is -0.139. The Morgan fingerprint density at radius 2 is 1.85 bits per heavy atom. The van der Waals surface area contributed by atoms with E-state index in [1.54, 1.807) is 12.0 Å². The highest BCUT2D eigenvalue weighted by atomic mass is 32.2. The molecule has 0 saturated carbocycles. The van der Waals surface area contributed by atoms with Crippen molar-refractivity contribution in [2.45, 2.75) is 76.6 Å². The van der Waals surface area contributed by atoms with Crippen molar-refractivity contribution in [1.82, 2.24) is 19.4 Å². The number of fused-ring (bicyclic) bond motifs is 1. The minimum atomic E-state index is -1.25. The van der Waals surface area contributed by atoms with Gasteiger partial charge in [0.2, 0.25) is 11.8 Å². The Labute approximate surface area is 288 Å². The maximum atomic E-state index is 14.5. The largest absolute Gasteiger partial charge is 0.497 e. The van der Waals surface area contributed by atoms with Gasteiger partial charge >= 0.3 is 0 Å². The van der Waals surface area contributed by atoms with E-state index in [9.17, 15) is 19.8 Å². The second-order valence-corrected chi connectivity index (χ2v) is 13.6. The summed E-state index contributed by atoms with van der Waals surface area (Å²) >= 11 is 1.44. The highest BCUT2D eigenvalue weighted by Crippen LogP contribution is 2.37. The molecule has 1 aromatic heterocycles. The van der Waals surface area contributed by atoms with Gasteiger partial charge in [-0.05, 0) is 55.5 Å². The van der Waals surface area contributed by atoms with Crippen LogP contribution in [0.5, 0.6) is 5.75 Å². The normalized spacial score (nSPS) is 23.6. The number of imidazole rings is 1. The Kier molecular flexibility index (Phi) is 14.1. The highest BCUT2D eigenvalue weighted by Gasteiger charge is 2.37. The molecule has 1 saturated heterocycles. The molecular weight excluding hydrogens is 632 g/mol. The summed E-state index contributed by atoms with van der Waals surface area (Å²) < 4.78 is 19.1. The van der Waals surface area contributed by atoms with Crippen LogP contribution in [0.4, 0.5) is 0 Å². The molecule has 264 valence electrons. The number of carbonyl (C=O) groups excluding carboxylic acids is 2. The molecule has 2 N–H and O–H groups in total. The first-order chi connectivity index (χ1) is 23.1. The lowest BCUT2D eigenvalue weighted by atomic mass is 9.82. The lowest BCUT2D eigenvalue weighted by Gasteiger charge is -2.42. The van der Waals surface area contributed by atoms with Crippen molar-refractivity contribution in [3.63, 3.8) is 0 Å². The van der Waals surface area contributed by atoms with Crippen LogP contribution in [-0.4, -0.2) is 113 Å². The van der Waals surface area contributed by atoms with E-state index in [1.165, 1.54) is 25.8 Å². The zero-order chi connectivity index (χ0) is 34.8. The minimum Gasteiger partial charge on any atom is -0.497 e. The van der Waals surface area contributed by atoms with E-state index >= 15 is 0 Å². The number of benzene rings is 2. The molecule has 1 aliphatic heterocycles. The van der Waals surface area contributed by atoms with E-state index in [4.69, 9.17) is 19.2 Å². The summed E-state index contributed by atoms with van der Waals surface area (Å²) in [6.45, 7) is 9.62. The first kappa shape index (κ1) is 37.7. The molecule has 0 bridgehead atoms. The quantitative estimate of drug-likeness (QED) is 0.332. The van der Waals surface area contributed by atoms with Crippen molar-refractivity contribution < 1.29 is 34.0 Å². The summed E-state index contributed by atoms with van der Waals surface area (Å²) in [6.07, 6.45) is -1.97. The van der Waals surface area contributed by atoms with Crippen molar-refractivity contribution in [3.05, 3.63) is 54.1 Å². The summed E-state index contributed by atoms with van der Waals surface area (Å²) in [7, 11) is 3.08. The van der Waals surface area contributed by atoms with Crippen LogP contribution in [0.1, 0.15) is 52.1 Å². The molecule has 4 rings (SSSR count). The number of para-hydroxylation sites is 2. The summed E-state index contributed by atoms with van der Waals surface area (Å²) in [5.41, 5.74) is 2.84. The topological polar surface area (TPSA) is 127 Å². The SMILES string of the molecule is CCn1c(SCC(=O)N2CCCCOC[C@H](O)[C@H](O)[C@@H](OC)CN(C(C)=O)C[C@H](C(C)C)[C@H]2c2cccc(OC)c2)nc2ccccc21. The van der Waals surface area contributed by atoms with E-state index in [2.05, 4.69) is 25.3 Å². The third-order valence-electron chi connectivity index (χ3n) is 9.19. The molecule has 1 fully saturated rings. The summed E-state index contributed by atoms with van der Waals surface area (Å²) in [6, 6.07) is 15.4. The number of hydrogen-bond acceptors (Lipinski definition) is 9. The van der Waals surface area contributed by atoms with Crippen molar-refractivity contribution in [3.8, 4) is 5.75 Å². The molecule has 1 aliphatic rings. The van der Waals surface area contributed by atoms with Gasteiger partial charge in [-0.15, -0.1) is 0 Å². The van der Waals surface area contributed by atoms with Crippen molar-refractivity contribution in [1.29, 1.82) is 0 Å². The third kappa shape index (κ3) is 9.29. The third-order valence-corrected chi connectivity index (χ3v) is 10.2. The van der Waals surface area contributed by atoms with E-state index in [0.29, 0.717) is 38.3 Å². The molecule has 2 heterocycles. The zero-order valence-corrected chi connectivity index (χ0v) is 29.9. The summed E-state index contributed by atoms with van der Waals surface area (Å²) in [4.78, 5) is 36.1. The maximum absolute atomic E-state index is 14.5. The number of rotatable bonds is 8. The molecule has 12 heteroatoms. The number of aliphatic hydroxyl groups excluding tert-OH is 2. The van der Waals surface area contributed by atoms with Gasteiger partial charge in [0.1, 0.15) is 24.1 Å². The molecule has 3 aromatic rings. The minimum absolute atomic E-state index is 0.0339. The van der Waals surface area contributed by atoms with E-state index in [-0.39, 0.29) is 42.6 Å². The fourth-order valence-corrected chi connectivity index (χ4v) is 7.38. The fourth-order valence-electron chi connectivity index (χ4n) is 6.42. The van der Waals surface area contributed by atoms with Crippen LogP contribution in [0.2, 0.25) is 0 Å². The standard InChI is InChI=1S/C36H52N4O7S/c1-7-39-30-16-9-8-15-29(30)37-36(39)48-23-33(43)40-17-10-11-18-47-22-31(42)35(44)32(46-6)21-38(25(4)41)20-28(24(2)3)34(40)26-13-12-14-27(19-26)45-5/h8-9,12-16,19,24,28,31-32,34-35,42,44H,7,10-11,17-18,20-23H2,1-6H3/t28-,31+,32+,34-,35+/m1/s1. The molecule has 0 unspecified atom stereocenters. The number of nitrogens with zero attached hydrogens (tertiary/aromatic N) is 4. The number of ether oxygens (including phenoxy) is 3. The molecular formula is C36H52N4O7S. The number of aliphatic hydroxyl groups is 2. The first-order valence-electron chi connectivity index (χ1n) is 16.8. The van der Waals surface area contributed by atoms with Crippen molar-refractivity contribution in [2.24, 2.45) is 11.8 Å². The number of aromatic nitrogens is 2. The molecule has 2 aromatic carbocycles. The molecule has 11 nitrogen and oxygen atoms in total. The smallest absolute Gasteiger partial charge is 0.233 e. The van der Waals surface area contributed by atoms with Crippen LogP contribution >= 0.6 is 11.8 Å². The molecule has 0 radical (unpaired) electrons. The number of aryl methyl sites for hydroxylation is 1. The van der Waals surface area contributed by atoms with Gasteiger partial charge in [0.25, 0.3) is 0 Å². The number of hydrogen-bond donors (Lipinski definition) is 2. The van der Waals surface area contributed by atoms with Crippen LogP contribution < -0.4 is 4.74 Å². The highest BCUT2D eigenvalue weighted by molar-refractivity contribution is 7.99. The number of thioether (sulfide) groups is 1. The Morgan fingerprint density at radius 1 is 1.08 bits per heavy atom. The molecule has 0 spiro atoms. The predicted octanol–water partition coefficient (Wildman–Crippen LogP) is 4.39. The van der Waals surface area contributed by atoms with Gasteiger partial charge in [0.15, 0.2) is 5.16 Å². The van der Waals surface area contributed by atoms with Gasteiger partial charge in [0.05, 0.1) is 36.5 Å². The molecule has 48 heavy (non-hydrogen) atoms. The van der Waals surface area contributed by atoms with Crippen molar-refractivity contribution >= 4 is 34.6 Å². The van der Waals surface area contributed by atoms with Crippen LogP contribution in [-0.2, 0) is 25.6 Å². The van der Waals surface area contributed by atoms with Crippen LogP contribution in [0.25, 0.3) is 11.0 Å². The van der Waals surface area contributed by atoms with Crippen LogP contribution in [0, 0.1) is 11.8 Å².